The van der Waals surface area contributed by atoms with Crippen molar-refractivity contribution in [2.45, 2.75) is 18.9 Å². The van der Waals surface area contributed by atoms with Gasteiger partial charge in [-0.3, -0.25) is 0 Å². The summed E-state index contributed by atoms with van der Waals surface area (Å²) >= 11 is 0. The third-order valence-corrected chi connectivity index (χ3v) is 1.81. The van der Waals surface area contributed by atoms with E-state index in [0.29, 0.717) is 6.04 Å². The van der Waals surface area contributed by atoms with E-state index in [1.54, 1.807) is 6.34 Å². The molecule has 0 bridgehead atoms. The lowest BCUT2D eigenvalue weighted by Gasteiger charge is -1.89. The van der Waals surface area contributed by atoms with Gasteiger partial charge >= 0.3 is 0 Å². The van der Waals surface area contributed by atoms with Crippen molar-refractivity contribution in [1.29, 1.82) is 0 Å². The van der Waals surface area contributed by atoms with Crippen LogP contribution in [0.1, 0.15) is 12.8 Å². The number of H-pyrrole nitrogens is 1. The summed E-state index contributed by atoms with van der Waals surface area (Å²) in [5.74, 6) is 0.823. The molecule has 0 aromatic carbocycles. The molecule has 1 aromatic rings. The Morgan fingerprint density at radius 3 is 3.15 bits per heavy atom. The molecule has 1 aliphatic carbocycles. The predicted octanol–water partition coefficient (Wildman–Crippen LogP) is 1.45. The SMILES string of the molecule is C(=N/c1ccc[nH]1)/N=C/NC1CC1. The molecule has 2 N–H and O–H groups in total. The number of aliphatic imine (C=N–C) groups is 2. The monoisotopic (exact) mass is 176 g/mol. The first kappa shape index (κ1) is 8.04. The summed E-state index contributed by atoms with van der Waals surface area (Å²) in [5.41, 5.74) is 0. The molecular formula is C9H12N4. The van der Waals surface area contributed by atoms with Gasteiger partial charge in [-0.2, -0.15) is 0 Å². The number of hydrogen-bond donors (Lipinski definition) is 2. The van der Waals surface area contributed by atoms with E-state index < -0.39 is 0 Å². The molecule has 13 heavy (non-hydrogen) atoms. The molecule has 68 valence electrons. The quantitative estimate of drug-likeness (QED) is 0.529. The highest BCUT2D eigenvalue weighted by Crippen LogP contribution is 2.17. The lowest BCUT2D eigenvalue weighted by Crippen LogP contribution is -2.12. The van der Waals surface area contributed by atoms with Gasteiger partial charge in [0.05, 0.1) is 6.34 Å². The van der Waals surface area contributed by atoms with Crippen LogP contribution in [-0.4, -0.2) is 23.7 Å². The van der Waals surface area contributed by atoms with Crippen LogP contribution in [0.4, 0.5) is 5.82 Å². The lowest BCUT2D eigenvalue weighted by molar-refractivity contribution is 0.928. The van der Waals surface area contributed by atoms with Crippen LogP contribution >= 0.6 is 0 Å². The highest BCUT2D eigenvalue weighted by atomic mass is 15.0. The maximum Gasteiger partial charge on any atom is 0.131 e. The van der Waals surface area contributed by atoms with E-state index >= 15 is 0 Å². The largest absolute Gasteiger partial charge is 0.373 e. The third-order valence-electron chi connectivity index (χ3n) is 1.81. The molecule has 0 amide bonds. The van der Waals surface area contributed by atoms with Gasteiger partial charge in [-0.05, 0) is 25.0 Å². The first-order valence-corrected chi connectivity index (χ1v) is 4.39. The number of aromatic amines is 1. The van der Waals surface area contributed by atoms with E-state index in [0.717, 1.165) is 5.82 Å². The molecule has 0 saturated heterocycles. The van der Waals surface area contributed by atoms with Crippen LogP contribution in [0, 0.1) is 0 Å². The van der Waals surface area contributed by atoms with Crippen LogP contribution in [-0.2, 0) is 0 Å². The Morgan fingerprint density at radius 1 is 1.54 bits per heavy atom. The third kappa shape index (κ3) is 2.74. The van der Waals surface area contributed by atoms with Gasteiger partial charge in [0.1, 0.15) is 12.2 Å². The maximum absolute atomic E-state index is 4.07. The van der Waals surface area contributed by atoms with E-state index in [2.05, 4.69) is 20.3 Å². The van der Waals surface area contributed by atoms with Crippen molar-refractivity contribution < 1.29 is 0 Å². The first-order valence-electron chi connectivity index (χ1n) is 4.39. The Morgan fingerprint density at radius 2 is 2.46 bits per heavy atom. The van der Waals surface area contributed by atoms with E-state index in [-0.39, 0.29) is 0 Å². The van der Waals surface area contributed by atoms with Gasteiger partial charge in [-0.1, -0.05) is 0 Å². The van der Waals surface area contributed by atoms with Gasteiger partial charge in [0.2, 0.25) is 0 Å². The van der Waals surface area contributed by atoms with E-state index in [4.69, 9.17) is 0 Å². The van der Waals surface area contributed by atoms with Gasteiger partial charge in [0, 0.05) is 12.2 Å². The normalized spacial score (nSPS) is 17.2. The molecule has 4 heteroatoms. The minimum Gasteiger partial charge on any atom is -0.373 e. The number of nitrogens with one attached hydrogen (secondary N) is 2. The fourth-order valence-corrected chi connectivity index (χ4v) is 0.928. The van der Waals surface area contributed by atoms with Crippen LogP contribution in [0.2, 0.25) is 0 Å². The molecule has 1 fully saturated rings. The van der Waals surface area contributed by atoms with Gasteiger partial charge in [0.15, 0.2) is 0 Å². The Kier molecular flexibility index (Phi) is 2.40. The van der Waals surface area contributed by atoms with Gasteiger partial charge < -0.3 is 10.3 Å². The molecular weight excluding hydrogens is 164 g/mol. The predicted molar refractivity (Wildman–Crippen MR) is 53.6 cm³/mol. The van der Waals surface area contributed by atoms with Crippen molar-refractivity contribution in [2.24, 2.45) is 9.98 Å². The minimum absolute atomic E-state index is 0.655. The second kappa shape index (κ2) is 3.89. The number of rotatable bonds is 4. The van der Waals surface area contributed by atoms with E-state index in [1.807, 2.05) is 18.3 Å². The van der Waals surface area contributed by atoms with Gasteiger partial charge in [0.25, 0.3) is 0 Å². The second-order valence-corrected chi connectivity index (χ2v) is 3.02. The fraction of sp³-hybridized carbons (Fsp3) is 0.333. The topological polar surface area (TPSA) is 52.5 Å². The van der Waals surface area contributed by atoms with Crippen LogP contribution in [0.15, 0.2) is 28.3 Å². The summed E-state index contributed by atoms with van der Waals surface area (Å²) in [6.45, 7) is 0. The van der Waals surface area contributed by atoms with Crippen molar-refractivity contribution >= 4 is 18.5 Å². The molecule has 1 aliphatic rings. The zero-order valence-corrected chi connectivity index (χ0v) is 7.27. The van der Waals surface area contributed by atoms with Crippen LogP contribution in [0.5, 0.6) is 0 Å². The average molecular weight is 176 g/mol. The van der Waals surface area contributed by atoms with Crippen LogP contribution in [0.25, 0.3) is 0 Å². The van der Waals surface area contributed by atoms with Crippen molar-refractivity contribution in [3.05, 3.63) is 18.3 Å². The van der Waals surface area contributed by atoms with E-state index in [1.165, 1.54) is 19.2 Å². The van der Waals surface area contributed by atoms with E-state index in [9.17, 15) is 0 Å². The Balaban J connectivity index is 1.74. The average Bonchev–Trinajstić information content (AvgIpc) is 2.81. The van der Waals surface area contributed by atoms with Crippen LogP contribution < -0.4 is 5.32 Å². The standard InChI is InChI=1S/C9H12N4/c1-2-9(11-5-1)13-7-10-6-12-8-3-4-8/h1-2,5-8,11H,3-4H2,(H,10,12,13). The smallest absolute Gasteiger partial charge is 0.131 e. The van der Waals surface area contributed by atoms with Crippen molar-refractivity contribution in [3.63, 3.8) is 0 Å². The summed E-state index contributed by atoms with van der Waals surface area (Å²) < 4.78 is 0. The zero-order chi connectivity index (χ0) is 8.93. The molecule has 0 unspecified atom stereocenters. The highest BCUT2D eigenvalue weighted by molar-refractivity contribution is 5.72. The van der Waals surface area contributed by atoms with Crippen molar-refractivity contribution in [2.75, 3.05) is 0 Å². The number of hydrogen-bond acceptors (Lipinski definition) is 1. The summed E-state index contributed by atoms with van der Waals surface area (Å²) in [7, 11) is 0. The number of nitrogens with zero attached hydrogens (tertiary/aromatic N) is 2. The number of aromatic nitrogens is 1. The molecule has 2 rings (SSSR count). The van der Waals surface area contributed by atoms with Crippen molar-refractivity contribution in [3.8, 4) is 0 Å². The summed E-state index contributed by atoms with van der Waals surface area (Å²) in [5, 5.41) is 3.14. The van der Waals surface area contributed by atoms with Crippen molar-refractivity contribution in [1.82, 2.24) is 10.3 Å². The minimum atomic E-state index is 0.655. The Hall–Kier alpha value is -1.58. The molecule has 0 spiro atoms. The molecule has 0 radical (unpaired) electrons. The molecule has 4 nitrogen and oxygen atoms in total. The summed E-state index contributed by atoms with van der Waals surface area (Å²) in [6.07, 6.45) is 7.59. The van der Waals surface area contributed by atoms with Gasteiger partial charge in [-0.25, -0.2) is 9.98 Å². The molecule has 1 saturated carbocycles. The molecule has 1 heterocycles. The molecule has 1 aromatic heterocycles. The molecule has 0 aliphatic heterocycles. The van der Waals surface area contributed by atoms with Gasteiger partial charge in [-0.15, -0.1) is 0 Å². The highest BCUT2D eigenvalue weighted by Gasteiger charge is 2.18. The maximum atomic E-state index is 4.07. The Bertz CT molecular complexity index is 295. The Labute approximate surface area is 76.8 Å². The summed E-state index contributed by atoms with van der Waals surface area (Å²) in [6, 6.07) is 4.45. The second-order valence-electron chi connectivity index (χ2n) is 3.02. The van der Waals surface area contributed by atoms with Crippen LogP contribution in [0.3, 0.4) is 0 Å². The lowest BCUT2D eigenvalue weighted by atomic mass is 10.6. The first-order chi connectivity index (χ1) is 6.45. The fourth-order valence-electron chi connectivity index (χ4n) is 0.928. The summed E-state index contributed by atoms with van der Waals surface area (Å²) in [4.78, 5) is 11.0. The molecule has 0 atom stereocenters. The zero-order valence-electron chi connectivity index (χ0n) is 7.27.